The van der Waals surface area contributed by atoms with E-state index < -0.39 is 10.0 Å². The normalized spacial score (nSPS) is 14.9. The number of thiophene rings is 1. The Labute approximate surface area is 232 Å². The number of nitrogens with zero attached hydrogens (tertiary/aromatic N) is 5. The van der Waals surface area contributed by atoms with Gasteiger partial charge in [-0.05, 0) is 23.6 Å². The lowest BCUT2D eigenvalue weighted by atomic mass is 10.2. The van der Waals surface area contributed by atoms with Gasteiger partial charge in [-0.15, -0.1) is 22.7 Å². The molecule has 0 radical (unpaired) electrons. The smallest absolute Gasteiger partial charge is 0.273 e. The summed E-state index contributed by atoms with van der Waals surface area (Å²) in [6.07, 6.45) is 1.92. The summed E-state index contributed by atoms with van der Waals surface area (Å²) in [6, 6.07) is 11.0. The van der Waals surface area contributed by atoms with Crippen LogP contribution in [0.5, 0.6) is 0 Å². The van der Waals surface area contributed by atoms with Gasteiger partial charge in [0.2, 0.25) is 5.91 Å². The molecule has 9 nitrogen and oxygen atoms in total. The van der Waals surface area contributed by atoms with E-state index in [0.29, 0.717) is 16.4 Å². The van der Waals surface area contributed by atoms with Crippen molar-refractivity contribution in [3.05, 3.63) is 52.9 Å². The van der Waals surface area contributed by atoms with Crippen molar-refractivity contribution in [2.45, 2.75) is 18.2 Å². The van der Waals surface area contributed by atoms with Crippen molar-refractivity contribution in [2.75, 3.05) is 58.2 Å². The molecule has 204 valence electrons. The van der Waals surface area contributed by atoms with Crippen molar-refractivity contribution < 1.29 is 13.2 Å². The molecule has 1 aliphatic heterocycles. The molecular formula is C26H34N6O3S3. The van der Waals surface area contributed by atoms with Gasteiger partial charge < -0.3 is 9.88 Å². The summed E-state index contributed by atoms with van der Waals surface area (Å²) >= 11 is 2.85. The van der Waals surface area contributed by atoms with Crippen molar-refractivity contribution in [1.82, 2.24) is 24.7 Å². The van der Waals surface area contributed by atoms with Gasteiger partial charge in [0.25, 0.3) is 10.0 Å². The highest BCUT2D eigenvalue weighted by molar-refractivity contribution is 7.94. The number of rotatable bonds is 8. The maximum absolute atomic E-state index is 13.1. The van der Waals surface area contributed by atoms with Crippen LogP contribution < -0.4 is 4.31 Å². The Balaban J connectivity index is 0.00000336. The van der Waals surface area contributed by atoms with Crippen LogP contribution in [0, 0.1) is 0 Å². The third-order valence-corrected chi connectivity index (χ3v) is 10.7. The van der Waals surface area contributed by atoms with Crippen molar-refractivity contribution in [3.63, 3.8) is 0 Å². The summed E-state index contributed by atoms with van der Waals surface area (Å²) in [7, 11) is 1.53. The Morgan fingerprint density at radius 1 is 1.08 bits per heavy atom. The zero-order valence-electron chi connectivity index (χ0n) is 21.0. The number of fused-ring (bicyclic) bond motifs is 1. The molecule has 12 heteroatoms. The number of thiazole rings is 1. The number of nitrogens with one attached hydrogen (secondary N) is 1. The second-order valence-corrected chi connectivity index (χ2v) is 13.6. The maximum atomic E-state index is 13.1. The van der Waals surface area contributed by atoms with E-state index in [0.717, 1.165) is 54.3 Å². The lowest BCUT2D eigenvalue weighted by molar-refractivity contribution is -0.130. The predicted molar refractivity (Wildman–Crippen MR) is 156 cm³/mol. The maximum Gasteiger partial charge on any atom is 0.273 e. The van der Waals surface area contributed by atoms with Gasteiger partial charge in [0, 0.05) is 70.3 Å². The van der Waals surface area contributed by atoms with E-state index in [1.54, 1.807) is 54.9 Å². The number of carbonyl (C=O) groups is 1. The number of aromatic nitrogens is 2. The van der Waals surface area contributed by atoms with Crippen molar-refractivity contribution in [2.24, 2.45) is 0 Å². The van der Waals surface area contributed by atoms with Crippen molar-refractivity contribution in [3.8, 4) is 10.7 Å². The number of sulfonamides is 1. The largest absolute Gasteiger partial charge is 0.351 e. The third kappa shape index (κ3) is 5.79. The molecule has 4 aromatic rings. The number of benzene rings is 1. The van der Waals surface area contributed by atoms with Crippen LogP contribution in [0.3, 0.4) is 0 Å². The van der Waals surface area contributed by atoms with Gasteiger partial charge in [0.1, 0.15) is 9.22 Å². The second kappa shape index (κ2) is 11.5. The highest BCUT2D eigenvalue weighted by atomic mass is 32.2. The SMILES string of the molecule is C.CN(C)C(=O)CN1CCN(Cc2cnc(-c3cc4cccc(N(C)S(=O)(=O)c5cccs5)c4[nH]3)s2)CC1. The van der Waals surface area contributed by atoms with E-state index >= 15 is 0 Å². The molecular weight excluding hydrogens is 541 g/mol. The number of amides is 1. The summed E-state index contributed by atoms with van der Waals surface area (Å²) in [5, 5.41) is 3.57. The van der Waals surface area contributed by atoms with Gasteiger partial charge in [0.15, 0.2) is 0 Å². The van der Waals surface area contributed by atoms with Gasteiger partial charge in [-0.1, -0.05) is 25.6 Å². The quantitative estimate of drug-likeness (QED) is 0.342. The minimum Gasteiger partial charge on any atom is -0.351 e. The fourth-order valence-electron chi connectivity index (χ4n) is 4.36. The minimum absolute atomic E-state index is 0. The van der Waals surface area contributed by atoms with E-state index in [4.69, 9.17) is 0 Å². The van der Waals surface area contributed by atoms with Crippen LogP contribution in [-0.4, -0.2) is 92.9 Å². The number of H-pyrrole nitrogens is 1. The van der Waals surface area contributed by atoms with Crippen LogP contribution in [-0.2, 0) is 21.4 Å². The molecule has 1 saturated heterocycles. The van der Waals surface area contributed by atoms with Crippen LogP contribution in [0.25, 0.3) is 21.6 Å². The van der Waals surface area contributed by atoms with Gasteiger partial charge in [-0.2, -0.15) is 0 Å². The molecule has 0 unspecified atom stereocenters. The lowest BCUT2D eigenvalue weighted by Crippen LogP contribution is -2.48. The average Bonchev–Trinajstić information content (AvgIpc) is 3.65. The standard InChI is InChI=1S/C25H30N6O3S3.CH4/c1-28(2)22(32)17-31-11-9-30(10-12-31)16-19-15-26-25(36-19)20-14-18-6-4-7-21(24(18)27-20)29(3)37(33,34)23-8-5-13-35-23;/h4-8,13-15,27H,9-12,16-17H2,1-3H3;1H4. The monoisotopic (exact) mass is 574 g/mol. The molecule has 0 bridgehead atoms. The Morgan fingerprint density at radius 2 is 1.82 bits per heavy atom. The summed E-state index contributed by atoms with van der Waals surface area (Å²) in [5.41, 5.74) is 2.23. The number of para-hydroxylation sites is 1. The third-order valence-electron chi connectivity index (χ3n) is 6.57. The summed E-state index contributed by atoms with van der Waals surface area (Å²) < 4.78 is 27.8. The molecule has 4 heterocycles. The van der Waals surface area contributed by atoms with Gasteiger partial charge in [0.05, 0.1) is 23.4 Å². The fourth-order valence-corrected chi connectivity index (χ4v) is 7.65. The topological polar surface area (TPSA) is 92.8 Å². The molecule has 0 aliphatic carbocycles. The molecule has 0 saturated carbocycles. The summed E-state index contributed by atoms with van der Waals surface area (Å²) in [6.45, 7) is 4.86. The number of hydrogen-bond donors (Lipinski definition) is 1. The van der Waals surface area contributed by atoms with Crippen LogP contribution in [0.1, 0.15) is 12.3 Å². The molecule has 1 amide bonds. The van der Waals surface area contributed by atoms with Crippen molar-refractivity contribution in [1.29, 1.82) is 0 Å². The van der Waals surface area contributed by atoms with Gasteiger partial charge >= 0.3 is 0 Å². The molecule has 3 aromatic heterocycles. The van der Waals surface area contributed by atoms with Crippen LogP contribution >= 0.6 is 22.7 Å². The van der Waals surface area contributed by atoms with Crippen LogP contribution in [0.2, 0.25) is 0 Å². The molecule has 1 fully saturated rings. The highest BCUT2D eigenvalue weighted by Gasteiger charge is 2.25. The first kappa shape index (κ1) is 28.2. The van der Waals surface area contributed by atoms with E-state index in [1.807, 2.05) is 30.5 Å². The van der Waals surface area contributed by atoms with Crippen LogP contribution in [0.15, 0.2) is 52.2 Å². The molecule has 5 rings (SSSR count). The number of piperazine rings is 1. The number of anilines is 1. The molecule has 0 spiro atoms. The first-order valence-corrected chi connectivity index (χ1v) is 15.1. The molecule has 38 heavy (non-hydrogen) atoms. The first-order valence-electron chi connectivity index (χ1n) is 12.0. The fraction of sp³-hybridized carbons (Fsp3) is 0.385. The summed E-state index contributed by atoms with van der Waals surface area (Å²) in [5.74, 6) is 0.136. The second-order valence-electron chi connectivity index (χ2n) is 9.30. The zero-order chi connectivity index (χ0) is 26.2. The van der Waals surface area contributed by atoms with E-state index in [1.165, 1.54) is 20.5 Å². The zero-order valence-corrected chi connectivity index (χ0v) is 23.5. The Kier molecular flexibility index (Phi) is 8.58. The summed E-state index contributed by atoms with van der Waals surface area (Å²) in [4.78, 5) is 27.5. The van der Waals surface area contributed by atoms with E-state index in [2.05, 4.69) is 19.8 Å². The number of aromatic amines is 1. The Morgan fingerprint density at radius 3 is 2.50 bits per heavy atom. The van der Waals surface area contributed by atoms with E-state index in [9.17, 15) is 13.2 Å². The predicted octanol–water partition coefficient (Wildman–Crippen LogP) is 4.02. The molecule has 1 aromatic carbocycles. The van der Waals surface area contributed by atoms with E-state index in [-0.39, 0.29) is 13.3 Å². The van der Waals surface area contributed by atoms with Gasteiger partial charge in [-0.3, -0.25) is 18.9 Å². The molecule has 1 aliphatic rings. The number of likely N-dealkylation sites (N-methyl/N-ethyl adjacent to an activating group) is 1. The average molecular weight is 575 g/mol. The minimum atomic E-state index is -3.63. The highest BCUT2D eigenvalue weighted by Crippen LogP contribution is 2.35. The van der Waals surface area contributed by atoms with Crippen molar-refractivity contribution >= 4 is 55.2 Å². The number of hydrogen-bond acceptors (Lipinski definition) is 8. The van der Waals surface area contributed by atoms with Gasteiger partial charge in [-0.25, -0.2) is 13.4 Å². The lowest BCUT2D eigenvalue weighted by Gasteiger charge is -2.34. The Hall–Kier alpha value is -2.77. The Bertz CT molecular complexity index is 1490. The first-order chi connectivity index (χ1) is 17.7. The molecule has 0 atom stereocenters. The number of carbonyl (C=O) groups excluding carboxylic acids is 1. The molecule has 1 N–H and O–H groups in total. The van der Waals surface area contributed by atoms with Crippen LogP contribution in [0.4, 0.5) is 5.69 Å².